The minimum absolute atomic E-state index is 0.293. The Bertz CT molecular complexity index is 519. The maximum atomic E-state index is 11.8. The Morgan fingerprint density at radius 3 is 2.61 bits per heavy atom. The van der Waals surface area contributed by atoms with Crippen LogP contribution in [0.4, 0.5) is 5.69 Å². The van der Waals surface area contributed by atoms with Gasteiger partial charge in [0.2, 0.25) is 0 Å². The highest BCUT2D eigenvalue weighted by molar-refractivity contribution is 6.52. The Morgan fingerprint density at radius 2 is 2.00 bits per heavy atom. The Morgan fingerprint density at radius 1 is 1.33 bits per heavy atom. The summed E-state index contributed by atoms with van der Waals surface area (Å²) in [6, 6.07) is 4.75. The Kier molecular flexibility index (Phi) is 3.17. The standard InChI is InChI=1S/C13H14ClNO3/c1-13(2,18)5-6-15-10-7-8(14)3-4-9(10)11(16)12(15)17/h3-4,7,18H,5-6H2,1-2H3. The number of nitrogens with zero attached hydrogens (tertiary/aromatic N) is 1. The summed E-state index contributed by atoms with van der Waals surface area (Å²) >= 11 is 5.88. The van der Waals surface area contributed by atoms with Gasteiger partial charge in [0.15, 0.2) is 0 Å². The molecule has 1 N–H and O–H groups in total. The summed E-state index contributed by atoms with van der Waals surface area (Å²) < 4.78 is 0. The number of hydrogen-bond acceptors (Lipinski definition) is 3. The maximum absolute atomic E-state index is 11.8. The number of fused-ring (bicyclic) bond motifs is 1. The van der Waals surface area contributed by atoms with Crippen LogP contribution in [0.2, 0.25) is 5.02 Å². The predicted molar refractivity (Wildman–Crippen MR) is 69.1 cm³/mol. The first-order valence-corrected chi connectivity index (χ1v) is 6.05. The van der Waals surface area contributed by atoms with Crippen molar-refractivity contribution in [3.8, 4) is 0 Å². The number of benzene rings is 1. The predicted octanol–water partition coefficient (Wildman–Crippen LogP) is 2.03. The Balaban J connectivity index is 2.30. The van der Waals surface area contributed by atoms with Gasteiger partial charge in [-0.05, 0) is 38.5 Å². The van der Waals surface area contributed by atoms with E-state index in [9.17, 15) is 14.7 Å². The molecule has 0 saturated heterocycles. The quantitative estimate of drug-likeness (QED) is 0.853. The molecule has 1 heterocycles. The van der Waals surface area contributed by atoms with Gasteiger partial charge in [0.25, 0.3) is 11.7 Å². The lowest BCUT2D eigenvalue weighted by Gasteiger charge is -2.22. The van der Waals surface area contributed by atoms with Gasteiger partial charge in [0.1, 0.15) is 0 Å². The fourth-order valence-electron chi connectivity index (χ4n) is 1.87. The van der Waals surface area contributed by atoms with Crippen LogP contribution in [0.1, 0.15) is 30.6 Å². The highest BCUT2D eigenvalue weighted by atomic mass is 35.5. The average Bonchev–Trinajstić information content (AvgIpc) is 2.48. The normalized spacial score (nSPS) is 15.2. The first kappa shape index (κ1) is 13.1. The zero-order valence-electron chi connectivity index (χ0n) is 10.2. The van der Waals surface area contributed by atoms with Crippen LogP contribution in [0.3, 0.4) is 0 Å². The van der Waals surface area contributed by atoms with Crippen molar-refractivity contribution in [2.45, 2.75) is 25.9 Å². The molecule has 4 nitrogen and oxygen atoms in total. The fourth-order valence-corrected chi connectivity index (χ4v) is 2.04. The van der Waals surface area contributed by atoms with Crippen LogP contribution in [0, 0.1) is 0 Å². The maximum Gasteiger partial charge on any atom is 0.299 e. The zero-order chi connectivity index (χ0) is 13.5. The Labute approximate surface area is 110 Å². The van der Waals surface area contributed by atoms with Gasteiger partial charge in [-0.2, -0.15) is 0 Å². The van der Waals surface area contributed by atoms with Crippen molar-refractivity contribution in [1.82, 2.24) is 0 Å². The first-order valence-electron chi connectivity index (χ1n) is 5.68. The lowest BCUT2D eigenvalue weighted by molar-refractivity contribution is -0.114. The van der Waals surface area contributed by atoms with Gasteiger partial charge in [0, 0.05) is 11.6 Å². The van der Waals surface area contributed by atoms with Gasteiger partial charge in [-0.15, -0.1) is 0 Å². The molecule has 0 unspecified atom stereocenters. The molecule has 0 fully saturated rings. The van der Waals surface area contributed by atoms with Crippen molar-refractivity contribution in [3.05, 3.63) is 28.8 Å². The fraction of sp³-hybridized carbons (Fsp3) is 0.385. The third kappa shape index (κ3) is 2.40. The zero-order valence-corrected chi connectivity index (χ0v) is 11.0. The number of hydrogen-bond donors (Lipinski definition) is 1. The van der Waals surface area contributed by atoms with Crippen molar-refractivity contribution >= 4 is 29.0 Å². The van der Waals surface area contributed by atoms with Crippen LogP contribution in [0.25, 0.3) is 0 Å². The monoisotopic (exact) mass is 267 g/mol. The van der Waals surface area contributed by atoms with E-state index in [1.54, 1.807) is 32.0 Å². The summed E-state index contributed by atoms with van der Waals surface area (Å²) in [6.07, 6.45) is 0.387. The number of ketones is 1. The van der Waals surface area contributed by atoms with E-state index in [0.717, 1.165) is 0 Å². The number of halogens is 1. The summed E-state index contributed by atoms with van der Waals surface area (Å²) in [5.41, 5.74) is 0.0203. The number of aliphatic hydroxyl groups is 1. The van der Waals surface area contributed by atoms with E-state index >= 15 is 0 Å². The lowest BCUT2D eigenvalue weighted by atomic mass is 10.1. The molecule has 0 spiro atoms. The Hall–Kier alpha value is -1.39. The van der Waals surface area contributed by atoms with Crippen LogP contribution < -0.4 is 4.90 Å². The average molecular weight is 268 g/mol. The highest BCUT2D eigenvalue weighted by Crippen LogP contribution is 2.32. The summed E-state index contributed by atoms with van der Waals surface area (Å²) in [7, 11) is 0. The molecule has 96 valence electrons. The number of anilines is 1. The molecular weight excluding hydrogens is 254 g/mol. The van der Waals surface area contributed by atoms with Crippen LogP contribution in [0.5, 0.6) is 0 Å². The molecule has 0 aliphatic carbocycles. The van der Waals surface area contributed by atoms with Gasteiger partial charge < -0.3 is 10.0 Å². The highest BCUT2D eigenvalue weighted by Gasteiger charge is 2.36. The molecule has 0 atom stereocenters. The number of rotatable bonds is 3. The SMILES string of the molecule is CC(C)(O)CCN1C(=O)C(=O)c2ccc(Cl)cc21. The van der Waals surface area contributed by atoms with E-state index in [1.165, 1.54) is 4.90 Å². The van der Waals surface area contributed by atoms with E-state index in [2.05, 4.69) is 0 Å². The van der Waals surface area contributed by atoms with Crippen molar-refractivity contribution in [3.63, 3.8) is 0 Å². The third-order valence-electron chi connectivity index (χ3n) is 2.88. The number of amides is 1. The molecular formula is C13H14ClNO3. The lowest BCUT2D eigenvalue weighted by Crippen LogP contribution is -2.34. The van der Waals surface area contributed by atoms with Gasteiger partial charge in [0.05, 0.1) is 16.9 Å². The number of carbonyl (C=O) groups is 2. The van der Waals surface area contributed by atoms with E-state index < -0.39 is 17.3 Å². The van der Waals surface area contributed by atoms with E-state index in [1.807, 2.05) is 0 Å². The van der Waals surface area contributed by atoms with Gasteiger partial charge in [-0.1, -0.05) is 11.6 Å². The molecule has 1 amide bonds. The number of carbonyl (C=O) groups excluding carboxylic acids is 2. The molecule has 5 heteroatoms. The molecule has 0 aromatic heterocycles. The minimum atomic E-state index is -0.884. The summed E-state index contributed by atoms with van der Waals surface area (Å²) in [6.45, 7) is 3.61. The molecule has 1 aromatic carbocycles. The van der Waals surface area contributed by atoms with Crippen LogP contribution in [-0.2, 0) is 4.79 Å². The van der Waals surface area contributed by atoms with Crippen LogP contribution in [-0.4, -0.2) is 28.9 Å². The van der Waals surface area contributed by atoms with Crippen molar-refractivity contribution in [1.29, 1.82) is 0 Å². The topological polar surface area (TPSA) is 57.6 Å². The summed E-state index contributed by atoms with van der Waals surface area (Å²) in [5, 5.41) is 10.2. The number of Topliss-reactive ketones (excluding diaryl/α,β-unsaturated/α-hetero) is 1. The smallest absolute Gasteiger partial charge is 0.299 e. The molecule has 0 saturated carbocycles. The van der Waals surface area contributed by atoms with Crippen molar-refractivity contribution in [2.75, 3.05) is 11.4 Å². The molecule has 1 aliphatic rings. The van der Waals surface area contributed by atoms with Gasteiger partial charge in [-0.3, -0.25) is 9.59 Å². The molecule has 2 rings (SSSR count). The molecule has 18 heavy (non-hydrogen) atoms. The second kappa shape index (κ2) is 4.37. The second-order valence-electron chi connectivity index (χ2n) is 5.01. The van der Waals surface area contributed by atoms with Crippen LogP contribution in [0.15, 0.2) is 18.2 Å². The van der Waals surface area contributed by atoms with Crippen molar-refractivity contribution in [2.24, 2.45) is 0 Å². The van der Waals surface area contributed by atoms with Crippen molar-refractivity contribution < 1.29 is 14.7 Å². The van der Waals surface area contributed by atoms with Crippen LogP contribution >= 0.6 is 11.6 Å². The summed E-state index contributed by atoms with van der Waals surface area (Å²) in [4.78, 5) is 25.0. The third-order valence-corrected chi connectivity index (χ3v) is 3.12. The summed E-state index contributed by atoms with van der Waals surface area (Å²) in [5.74, 6) is -1.08. The van der Waals surface area contributed by atoms with Gasteiger partial charge in [-0.25, -0.2) is 0 Å². The first-order chi connectivity index (χ1) is 8.29. The second-order valence-corrected chi connectivity index (χ2v) is 5.45. The largest absolute Gasteiger partial charge is 0.390 e. The van der Waals surface area contributed by atoms with E-state index in [4.69, 9.17) is 11.6 Å². The van der Waals surface area contributed by atoms with E-state index in [0.29, 0.717) is 29.2 Å². The van der Waals surface area contributed by atoms with Gasteiger partial charge >= 0.3 is 0 Å². The van der Waals surface area contributed by atoms with E-state index in [-0.39, 0.29) is 0 Å². The molecule has 0 radical (unpaired) electrons. The minimum Gasteiger partial charge on any atom is -0.390 e. The molecule has 1 aromatic rings. The molecule has 0 bridgehead atoms. The molecule has 1 aliphatic heterocycles.